The van der Waals surface area contributed by atoms with Gasteiger partial charge in [-0.3, -0.25) is 4.79 Å². The van der Waals surface area contributed by atoms with Crippen molar-refractivity contribution in [1.29, 1.82) is 0 Å². The van der Waals surface area contributed by atoms with Gasteiger partial charge in [-0.1, -0.05) is 12.1 Å². The number of hydrogen-bond donors (Lipinski definition) is 3. The first-order valence-corrected chi connectivity index (χ1v) is 9.57. The number of nitrogens with zero attached hydrogens (tertiary/aromatic N) is 3. The Kier molecular flexibility index (Phi) is 5.88. The minimum absolute atomic E-state index is 0.424. The average Bonchev–Trinajstić information content (AvgIpc) is 3.09. The van der Waals surface area contributed by atoms with Crippen molar-refractivity contribution >= 4 is 39.2 Å². The number of aromatic nitrogens is 2. The second-order valence-electron chi connectivity index (χ2n) is 6.50. The largest absolute Gasteiger partial charge is 0.369 e. The maximum atomic E-state index is 11.3. The molecule has 0 aliphatic carbocycles. The van der Waals surface area contributed by atoms with Gasteiger partial charge in [-0.25, -0.2) is 4.98 Å². The first-order valence-electron chi connectivity index (χ1n) is 8.76. The summed E-state index contributed by atoms with van der Waals surface area (Å²) in [5.74, 6) is 1.01. The van der Waals surface area contributed by atoms with E-state index in [9.17, 15) is 4.79 Å². The number of benzene rings is 1. The molecule has 27 heavy (non-hydrogen) atoms. The predicted molar refractivity (Wildman–Crippen MR) is 113 cm³/mol. The number of nitrogens with one attached hydrogen (secondary N) is 2. The fraction of sp³-hybridized carbons (Fsp3) is 0.316. The molecule has 0 radical (unpaired) electrons. The van der Waals surface area contributed by atoms with Crippen LogP contribution >= 0.6 is 11.3 Å². The number of carbonyl (C=O) groups excluding carboxylic acids is 1. The lowest BCUT2D eigenvalue weighted by Crippen LogP contribution is -2.16. The van der Waals surface area contributed by atoms with E-state index < -0.39 is 5.91 Å². The van der Waals surface area contributed by atoms with Crippen molar-refractivity contribution in [2.45, 2.75) is 6.42 Å². The minimum Gasteiger partial charge on any atom is -0.369 e. The van der Waals surface area contributed by atoms with E-state index in [0.29, 0.717) is 11.5 Å². The van der Waals surface area contributed by atoms with E-state index in [0.717, 1.165) is 46.0 Å². The molecule has 0 saturated heterocycles. The number of hydrogen-bond acceptors (Lipinski definition) is 7. The van der Waals surface area contributed by atoms with Crippen molar-refractivity contribution in [3.05, 3.63) is 35.9 Å². The van der Waals surface area contributed by atoms with Gasteiger partial charge in [0.15, 0.2) is 0 Å². The third-order valence-corrected chi connectivity index (χ3v) is 5.30. The molecule has 2 aromatic heterocycles. The van der Waals surface area contributed by atoms with Crippen LogP contribution in [0.5, 0.6) is 0 Å². The molecule has 0 fully saturated rings. The van der Waals surface area contributed by atoms with Crippen LogP contribution in [0.2, 0.25) is 0 Å². The van der Waals surface area contributed by atoms with Crippen molar-refractivity contribution in [1.82, 2.24) is 14.9 Å². The van der Waals surface area contributed by atoms with E-state index in [1.165, 1.54) is 0 Å². The Morgan fingerprint density at radius 1 is 1.22 bits per heavy atom. The quantitative estimate of drug-likeness (QED) is 0.517. The molecular weight excluding hydrogens is 360 g/mol. The van der Waals surface area contributed by atoms with Crippen molar-refractivity contribution in [3.8, 4) is 10.4 Å². The number of fused-ring (bicyclic) bond motifs is 1. The zero-order chi connectivity index (χ0) is 19.4. The molecular formula is C19H24N6OS. The fourth-order valence-corrected chi connectivity index (χ4v) is 3.77. The molecule has 3 aromatic rings. The molecule has 0 spiro atoms. The van der Waals surface area contributed by atoms with Gasteiger partial charge < -0.3 is 21.3 Å². The molecule has 0 saturated carbocycles. The summed E-state index contributed by atoms with van der Waals surface area (Å²) >= 11 is 1.63. The molecule has 7 nitrogen and oxygen atoms in total. The number of carbonyl (C=O) groups is 1. The Labute approximate surface area is 162 Å². The molecule has 0 unspecified atom stereocenters. The molecule has 0 aliphatic rings. The molecule has 3 rings (SSSR count). The molecule has 142 valence electrons. The third-order valence-electron chi connectivity index (χ3n) is 4.12. The fourth-order valence-electron chi connectivity index (χ4n) is 2.70. The number of rotatable bonds is 8. The molecule has 0 aliphatic heterocycles. The molecule has 0 atom stereocenters. The van der Waals surface area contributed by atoms with Crippen molar-refractivity contribution in [3.63, 3.8) is 0 Å². The number of thiophene rings is 1. The Hall–Kier alpha value is -2.71. The highest BCUT2D eigenvalue weighted by molar-refractivity contribution is 7.22. The summed E-state index contributed by atoms with van der Waals surface area (Å²) in [5, 5.41) is 6.46. The van der Waals surface area contributed by atoms with Crippen LogP contribution in [0.4, 0.5) is 11.8 Å². The first kappa shape index (κ1) is 19.1. The standard InChI is InChI=1S/C19H24N6OS/c1-21-19-23-14-11-15(12-5-7-13(8-6-12)17(20)26)27-16(14)18(24-19)22-9-4-10-25(2)3/h5-8,11H,4,9-10H2,1-3H3,(H2,20,26)(H2,21,22,23,24). The topological polar surface area (TPSA) is 96.2 Å². The number of amides is 1. The Morgan fingerprint density at radius 2 is 1.96 bits per heavy atom. The summed E-state index contributed by atoms with van der Waals surface area (Å²) in [5.41, 5.74) is 7.73. The van der Waals surface area contributed by atoms with Crippen LogP contribution in [-0.2, 0) is 0 Å². The lowest BCUT2D eigenvalue weighted by Gasteiger charge is -2.11. The molecule has 1 amide bonds. The zero-order valence-electron chi connectivity index (χ0n) is 15.7. The highest BCUT2D eigenvalue weighted by Crippen LogP contribution is 2.36. The van der Waals surface area contributed by atoms with Gasteiger partial charge in [-0.15, -0.1) is 11.3 Å². The number of anilines is 2. The van der Waals surface area contributed by atoms with Gasteiger partial charge in [0.1, 0.15) is 5.82 Å². The summed E-state index contributed by atoms with van der Waals surface area (Å²) in [6.07, 6.45) is 1.03. The zero-order valence-corrected chi connectivity index (χ0v) is 16.6. The Balaban J connectivity index is 1.90. The lowest BCUT2D eigenvalue weighted by molar-refractivity contribution is 0.100. The van der Waals surface area contributed by atoms with Crippen LogP contribution in [0, 0.1) is 0 Å². The van der Waals surface area contributed by atoms with Gasteiger partial charge in [-0.05, 0) is 50.8 Å². The van der Waals surface area contributed by atoms with Crippen LogP contribution < -0.4 is 16.4 Å². The van der Waals surface area contributed by atoms with Gasteiger partial charge in [0.2, 0.25) is 11.9 Å². The SMILES string of the molecule is CNc1nc(NCCCN(C)C)c2sc(-c3ccc(C(N)=O)cc3)cc2n1. The average molecular weight is 385 g/mol. The maximum absolute atomic E-state index is 11.3. The summed E-state index contributed by atoms with van der Waals surface area (Å²) < 4.78 is 1.02. The second kappa shape index (κ2) is 8.32. The highest BCUT2D eigenvalue weighted by atomic mass is 32.1. The summed E-state index contributed by atoms with van der Waals surface area (Å²) in [4.78, 5) is 23.6. The molecule has 2 heterocycles. The summed E-state index contributed by atoms with van der Waals surface area (Å²) in [6, 6.07) is 9.34. The monoisotopic (exact) mass is 384 g/mol. The maximum Gasteiger partial charge on any atom is 0.248 e. The van der Waals surface area contributed by atoms with Crippen molar-refractivity contribution < 1.29 is 4.79 Å². The Bertz CT molecular complexity index is 935. The van der Waals surface area contributed by atoms with Gasteiger partial charge in [-0.2, -0.15) is 4.98 Å². The summed E-state index contributed by atoms with van der Waals surface area (Å²) in [7, 11) is 5.95. The highest BCUT2D eigenvalue weighted by Gasteiger charge is 2.13. The van der Waals surface area contributed by atoms with Crippen LogP contribution in [0.1, 0.15) is 16.8 Å². The van der Waals surface area contributed by atoms with Crippen LogP contribution in [-0.4, -0.2) is 55.0 Å². The van der Waals surface area contributed by atoms with Crippen LogP contribution in [0.15, 0.2) is 30.3 Å². The van der Waals surface area contributed by atoms with E-state index >= 15 is 0 Å². The Morgan fingerprint density at radius 3 is 2.59 bits per heavy atom. The summed E-state index contributed by atoms with van der Waals surface area (Å²) in [6.45, 7) is 1.86. The molecule has 4 N–H and O–H groups in total. The first-order chi connectivity index (χ1) is 13.0. The van der Waals surface area contributed by atoms with Crippen LogP contribution in [0.3, 0.4) is 0 Å². The van der Waals surface area contributed by atoms with Gasteiger partial charge in [0.05, 0.1) is 10.2 Å². The van der Waals surface area contributed by atoms with E-state index in [1.54, 1.807) is 23.5 Å². The van der Waals surface area contributed by atoms with Crippen LogP contribution in [0.25, 0.3) is 20.7 Å². The van der Waals surface area contributed by atoms with Gasteiger partial charge >= 0.3 is 0 Å². The van der Waals surface area contributed by atoms with E-state index in [1.807, 2.05) is 25.2 Å². The normalized spacial score (nSPS) is 11.1. The van der Waals surface area contributed by atoms with Gasteiger partial charge in [0, 0.05) is 24.0 Å². The van der Waals surface area contributed by atoms with E-state index in [-0.39, 0.29) is 0 Å². The van der Waals surface area contributed by atoms with Crippen molar-refractivity contribution in [2.75, 3.05) is 44.9 Å². The van der Waals surface area contributed by atoms with Gasteiger partial charge in [0.25, 0.3) is 0 Å². The van der Waals surface area contributed by atoms with Crippen molar-refractivity contribution in [2.24, 2.45) is 5.73 Å². The lowest BCUT2D eigenvalue weighted by atomic mass is 10.1. The third kappa shape index (κ3) is 4.53. The second-order valence-corrected chi connectivity index (χ2v) is 7.55. The predicted octanol–water partition coefficient (Wildman–Crippen LogP) is 2.86. The number of primary amides is 1. The molecule has 1 aromatic carbocycles. The number of nitrogens with two attached hydrogens (primary N) is 1. The molecule has 8 heteroatoms. The van der Waals surface area contributed by atoms with E-state index in [4.69, 9.17) is 5.73 Å². The molecule has 0 bridgehead atoms. The smallest absolute Gasteiger partial charge is 0.248 e. The minimum atomic E-state index is -0.424. The van der Waals surface area contributed by atoms with E-state index in [2.05, 4.69) is 39.6 Å².